The van der Waals surface area contributed by atoms with E-state index in [0.717, 1.165) is 5.75 Å². The number of rotatable bonds is 3. The van der Waals surface area contributed by atoms with E-state index < -0.39 is 5.41 Å². The molecule has 0 saturated heterocycles. The molecule has 0 N–H and O–H groups in total. The molecule has 0 radical (unpaired) electrons. The zero-order valence-electron chi connectivity index (χ0n) is 21.4. The molecule has 0 amide bonds. The van der Waals surface area contributed by atoms with Gasteiger partial charge in [-0.1, -0.05) is 114 Å². The summed E-state index contributed by atoms with van der Waals surface area (Å²) < 4.78 is 5.77. The molecule has 178 valence electrons. The van der Waals surface area contributed by atoms with Crippen LogP contribution < -0.4 is 4.74 Å². The molecule has 0 aliphatic heterocycles. The number of allylic oxidation sites excluding steroid dienone is 1. The molecule has 37 heavy (non-hydrogen) atoms. The minimum atomic E-state index is -0.415. The Kier molecular flexibility index (Phi) is 4.78. The van der Waals surface area contributed by atoms with Gasteiger partial charge in [-0.15, -0.1) is 0 Å². The van der Waals surface area contributed by atoms with E-state index in [1.54, 1.807) is 7.11 Å². The van der Waals surface area contributed by atoms with Gasteiger partial charge < -0.3 is 4.74 Å². The van der Waals surface area contributed by atoms with Crippen molar-refractivity contribution in [1.82, 2.24) is 0 Å². The third kappa shape index (κ3) is 2.98. The Morgan fingerprint density at radius 1 is 0.514 bits per heavy atom. The SMILES string of the molecule is COc1ccc2c(c1)C(c1cccc(C)c1)=C(c1cccc(C)c1)C21c2ccccc2-c2ccccc21. The maximum Gasteiger partial charge on any atom is 0.119 e. The van der Waals surface area contributed by atoms with Crippen LogP contribution in [-0.2, 0) is 5.41 Å². The largest absolute Gasteiger partial charge is 0.497 e. The molecule has 2 aliphatic rings. The van der Waals surface area contributed by atoms with Crippen molar-refractivity contribution < 1.29 is 4.74 Å². The number of methoxy groups -OCH3 is 1. The minimum Gasteiger partial charge on any atom is -0.497 e. The van der Waals surface area contributed by atoms with Crippen molar-refractivity contribution in [3.05, 3.63) is 160 Å². The lowest BCUT2D eigenvalue weighted by atomic mass is 9.67. The predicted molar refractivity (Wildman–Crippen MR) is 153 cm³/mol. The molecule has 0 saturated carbocycles. The molecule has 0 fully saturated rings. The van der Waals surface area contributed by atoms with Crippen LogP contribution in [0.25, 0.3) is 22.3 Å². The smallest absolute Gasteiger partial charge is 0.119 e. The van der Waals surface area contributed by atoms with Crippen LogP contribution in [0.4, 0.5) is 0 Å². The fourth-order valence-corrected chi connectivity index (χ4v) is 6.70. The lowest BCUT2D eigenvalue weighted by molar-refractivity contribution is 0.414. The average molecular weight is 477 g/mol. The molecule has 0 unspecified atom stereocenters. The van der Waals surface area contributed by atoms with Crippen LogP contribution in [-0.4, -0.2) is 7.11 Å². The van der Waals surface area contributed by atoms with Gasteiger partial charge in [0.05, 0.1) is 12.5 Å². The summed E-state index contributed by atoms with van der Waals surface area (Å²) in [7, 11) is 1.75. The second-order valence-electron chi connectivity index (χ2n) is 10.2. The quantitative estimate of drug-likeness (QED) is 0.253. The molecular formula is C36H28O. The highest BCUT2D eigenvalue weighted by atomic mass is 16.5. The van der Waals surface area contributed by atoms with Crippen LogP contribution in [0.5, 0.6) is 5.75 Å². The number of ether oxygens (including phenoxy) is 1. The third-order valence-corrected chi connectivity index (χ3v) is 8.09. The fourth-order valence-electron chi connectivity index (χ4n) is 6.70. The standard InChI is InChI=1S/C36H28O/c1-23-10-8-12-25(20-23)34-30-22-27(37-3)18-19-33(30)36(35(34)26-13-9-11-24(2)21-26)31-16-6-4-14-28(31)29-15-5-7-17-32(29)36/h4-22H,1-3H3. The van der Waals surface area contributed by atoms with Gasteiger partial charge in [0.1, 0.15) is 5.75 Å². The van der Waals surface area contributed by atoms with Gasteiger partial charge in [0, 0.05) is 0 Å². The third-order valence-electron chi connectivity index (χ3n) is 8.09. The molecule has 1 nitrogen and oxygen atoms in total. The first-order valence-corrected chi connectivity index (χ1v) is 12.9. The van der Waals surface area contributed by atoms with Gasteiger partial charge in [0.2, 0.25) is 0 Å². The minimum absolute atomic E-state index is 0.415. The van der Waals surface area contributed by atoms with Crippen molar-refractivity contribution >= 4 is 11.1 Å². The first kappa shape index (κ1) is 21.9. The molecular weight excluding hydrogens is 448 g/mol. The van der Waals surface area contributed by atoms with Crippen molar-refractivity contribution in [2.45, 2.75) is 19.3 Å². The fraction of sp³-hybridized carbons (Fsp3) is 0.111. The maximum absolute atomic E-state index is 5.77. The summed E-state index contributed by atoms with van der Waals surface area (Å²) in [4.78, 5) is 0. The normalized spacial score (nSPS) is 14.5. The summed E-state index contributed by atoms with van der Waals surface area (Å²) in [6.07, 6.45) is 0. The number of fused-ring (bicyclic) bond motifs is 7. The molecule has 5 aromatic carbocycles. The summed E-state index contributed by atoms with van der Waals surface area (Å²) in [6.45, 7) is 4.36. The Hall–Kier alpha value is -4.36. The zero-order valence-corrected chi connectivity index (χ0v) is 21.4. The van der Waals surface area contributed by atoms with Crippen molar-refractivity contribution in [1.29, 1.82) is 0 Å². The lowest BCUT2D eigenvalue weighted by Crippen LogP contribution is -2.26. The molecule has 1 spiro atoms. The van der Waals surface area contributed by atoms with Gasteiger partial charge in [0.15, 0.2) is 0 Å². The Balaban J connectivity index is 1.73. The van der Waals surface area contributed by atoms with Gasteiger partial charge in [-0.25, -0.2) is 0 Å². The van der Waals surface area contributed by atoms with Gasteiger partial charge in [0.25, 0.3) is 0 Å². The summed E-state index contributed by atoms with van der Waals surface area (Å²) in [6, 6.07) is 42.5. The summed E-state index contributed by atoms with van der Waals surface area (Å²) in [5.74, 6) is 0.879. The predicted octanol–water partition coefficient (Wildman–Crippen LogP) is 8.60. The van der Waals surface area contributed by atoms with Gasteiger partial charge in [-0.3, -0.25) is 0 Å². The number of hydrogen-bond donors (Lipinski definition) is 0. The second-order valence-corrected chi connectivity index (χ2v) is 10.2. The molecule has 0 bridgehead atoms. The summed E-state index contributed by atoms with van der Waals surface area (Å²) in [5.41, 5.74) is 15.1. The van der Waals surface area contributed by atoms with E-state index in [1.807, 2.05) is 0 Å². The Morgan fingerprint density at radius 2 is 1.08 bits per heavy atom. The number of aryl methyl sites for hydroxylation is 2. The molecule has 2 aliphatic carbocycles. The van der Waals surface area contributed by atoms with Crippen LogP contribution >= 0.6 is 0 Å². The van der Waals surface area contributed by atoms with Crippen molar-refractivity contribution in [2.24, 2.45) is 0 Å². The monoisotopic (exact) mass is 476 g/mol. The highest BCUT2D eigenvalue weighted by Gasteiger charge is 2.53. The van der Waals surface area contributed by atoms with E-state index in [4.69, 9.17) is 4.74 Å². The maximum atomic E-state index is 5.77. The lowest BCUT2D eigenvalue weighted by Gasteiger charge is -2.33. The number of benzene rings is 5. The molecule has 0 aromatic heterocycles. The summed E-state index contributed by atoms with van der Waals surface area (Å²) >= 11 is 0. The Bertz CT molecular complexity index is 1690. The zero-order chi connectivity index (χ0) is 25.1. The molecule has 1 heteroatoms. The first-order valence-electron chi connectivity index (χ1n) is 12.9. The van der Waals surface area contributed by atoms with Gasteiger partial charge >= 0.3 is 0 Å². The molecule has 7 rings (SSSR count). The van der Waals surface area contributed by atoms with Gasteiger partial charge in [-0.2, -0.15) is 0 Å². The van der Waals surface area contributed by atoms with Crippen LogP contribution in [0.1, 0.15) is 44.5 Å². The van der Waals surface area contributed by atoms with Crippen LogP contribution in [0.15, 0.2) is 115 Å². The van der Waals surface area contributed by atoms with Crippen LogP contribution in [0.3, 0.4) is 0 Å². The Labute approximate surface area is 218 Å². The average Bonchev–Trinajstić information content (AvgIpc) is 3.40. The first-order chi connectivity index (χ1) is 18.1. The van der Waals surface area contributed by atoms with Crippen molar-refractivity contribution in [3.8, 4) is 16.9 Å². The summed E-state index contributed by atoms with van der Waals surface area (Å²) in [5, 5.41) is 0. The molecule has 0 atom stereocenters. The number of hydrogen-bond acceptors (Lipinski definition) is 1. The Morgan fingerprint density at radius 3 is 1.70 bits per heavy atom. The highest BCUT2D eigenvalue weighted by Crippen LogP contribution is 2.65. The van der Waals surface area contributed by atoms with E-state index in [0.29, 0.717) is 0 Å². The topological polar surface area (TPSA) is 9.23 Å². The second kappa shape index (κ2) is 8.08. The van der Waals surface area contributed by atoms with Crippen molar-refractivity contribution in [2.75, 3.05) is 7.11 Å². The van der Waals surface area contributed by atoms with E-state index in [-0.39, 0.29) is 0 Å². The highest BCUT2D eigenvalue weighted by molar-refractivity contribution is 6.13. The van der Waals surface area contributed by atoms with Crippen LogP contribution in [0, 0.1) is 13.8 Å². The van der Waals surface area contributed by atoms with E-state index >= 15 is 0 Å². The van der Waals surface area contributed by atoms with Gasteiger partial charge in [-0.05, 0) is 81.6 Å². The van der Waals surface area contributed by atoms with Crippen LogP contribution in [0.2, 0.25) is 0 Å². The molecule has 5 aromatic rings. The van der Waals surface area contributed by atoms with E-state index in [1.165, 1.54) is 66.8 Å². The van der Waals surface area contributed by atoms with Crippen molar-refractivity contribution in [3.63, 3.8) is 0 Å². The van der Waals surface area contributed by atoms with E-state index in [9.17, 15) is 0 Å². The molecule has 0 heterocycles. The van der Waals surface area contributed by atoms with E-state index in [2.05, 4.69) is 129 Å².